The number of carboxylic acids is 1. The number of anilines is 2. The Morgan fingerprint density at radius 3 is 2.29 bits per heavy atom. The van der Waals surface area contributed by atoms with Crippen LogP contribution < -0.4 is 20.8 Å². The summed E-state index contributed by atoms with van der Waals surface area (Å²) in [5.74, 6) is -2.27. The number of aromatic carboxylic acids is 1. The Bertz CT molecular complexity index is 1710. The molecule has 0 saturated carbocycles. The topological polar surface area (TPSA) is 134 Å². The second-order valence-electron chi connectivity index (χ2n) is 9.62. The lowest BCUT2D eigenvalue weighted by Gasteiger charge is -2.36. The lowest BCUT2D eigenvalue weighted by Crippen LogP contribution is -2.48. The van der Waals surface area contributed by atoms with Gasteiger partial charge in [0.15, 0.2) is 0 Å². The first-order chi connectivity index (χ1) is 19.7. The number of hydrogen-bond donors (Lipinski definition) is 3. The second kappa shape index (κ2) is 11.3. The number of piperazine rings is 1. The van der Waals surface area contributed by atoms with Crippen molar-refractivity contribution in [3.05, 3.63) is 93.8 Å². The molecule has 0 aliphatic carbocycles. The van der Waals surface area contributed by atoms with E-state index >= 15 is 4.39 Å². The molecule has 0 spiro atoms. The average Bonchev–Trinajstić information content (AvgIpc) is 2.97. The zero-order chi connectivity index (χ0) is 29.3. The number of fused-ring (bicyclic) bond motifs is 1. The minimum Gasteiger partial charge on any atom is -0.497 e. The highest BCUT2D eigenvalue weighted by molar-refractivity contribution is 6.01. The predicted octanol–water partition coefficient (Wildman–Crippen LogP) is 3.56. The molecule has 1 aromatic heterocycles. The van der Waals surface area contributed by atoms with Gasteiger partial charge in [-0.25, -0.2) is 13.6 Å². The summed E-state index contributed by atoms with van der Waals surface area (Å²) in [5, 5.41) is 22.5. The van der Waals surface area contributed by atoms with E-state index in [4.69, 9.17) is 10.5 Å². The van der Waals surface area contributed by atoms with E-state index in [1.807, 2.05) is 0 Å². The second-order valence-corrected chi connectivity index (χ2v) is 9.62. The highest BCUT2D eigenvalue weighted by Crippen LogP contribution is 2.29. The van der Waals surface area contributed by atoms with Gasteiger partial charge in [-0.05, 0) is 54.6 Å². The van der Waals surface area contributed by atoms with Crippen LogP contribution in [0.25, 0.3) is 16.6 Å². The number of nitrogens with two attached hydrogens (primary N) is 1. The van der Waals surface area contributed by atoms with Crippen molar-refractivity contribution in [3.63, 3.8) is 0 Å². The minimum atomic E-state index is -1.51. The third-order valence-corrected chi connectivity index (χ3v) is 7.16. The van der Waals surface area contributed by atoms with E-state index in [1.165, 1.54) is 22.8 Å². The molecule has 4 N–H and O–H groups in total. The van der Waals surface area contributed by atoms with Crippen molar-refractivity contribution in [2.24, 2.45) is 5.16 Å². The third kappa shape index (κ3) is 5.41. The monoisotopic (exact) mass is 563 g/mol. The number of methoxy groups -OCH3 is 1. The van der Waals surface area contributed by atoms with E-state index in [-0.39, 0.29) is 28.0 Å². The summed E-state index contributed by atoms with van der Waals surface area (Å²) < 4.78 is 36.7. The van der Waals surface area contributed by atoms with Gasteiger partial charge in [0.2, 0.25) is 5.43 Å². The molecular weight excluding hydrogens is 536 g/mol. The van der Waals surface area contributed by atoms with Gasteiger partial charge in [-0.1, -0.05) is 5.16 Å². The maximum Gasteiger partial charge on any atom is 0.341 e. The minimum absolute atomic E-state index is 0.0385. The van der Waals surface area contributed by atoms with Crippen molar-refractivity contribution in [1.82, 2.24) is 9.47 Å². The normalized spacial score (nSPS) is 14.4. The predicted molar refractivity (Wildman–Crippen MR) is 151 cm³/mol. The van der Waals surface area contributed by atoms with Crippen molar-refractivity contribution in [2.45, 2.75) is 0 Å². The fourth-order valence-electron chi connectivity index (χ4n) is 4.97. The van der Waals surface area contributed by atoms with Crippen LogP contribution in [-0.4, -0.2) is 71.3 Å². The van der Waals surface area contributed by atoms with E-state index in [0.29, 0.717) is 44.2 Å². The molecule has 0 radical (unpaired) electrons. The first kappa shape index (κ1) is 27.6. The molecule has 1 aliphatic rings. The van der Waals surface area contributed by atoms with Crippen LogP contribution in [0, 0.1) is 11.6 Å². The average molecular weight is 564 g/mol. The first-order valence-electron chi connectivity index (χ1n) is 12.7. The summed E-state index contributed by atoms with van der Waals surface area (Å²) in [4.78, 5) is 28.6. The molecule has 5 rings (SSSR count). The molecule has 4 aromatic rings. The van der Waals surface area contributed by atoms with Gasteiger partial charge in [0.05, 0.1) is 24.0 Å². The van der Waals surface area contributed by atoms with Gasteiger partial charge in [-0.15, -0.1) is 0 Å². The fourth-order valence-corrected chi connectivity index (χ4v) is 4.97. The van der Waals surface area contributed by atoms with Crippen molar-refractivity contribution >= 4 is 34.0 Å². The van der Waals surface area contributed by atoms with Crippen molar-refractivity contribution in [1.29, 1.82) is 0 Å². The van der Waals surface area contributed by atoms with Gasteiger partial charge >= 0.3 is 5.97 Å². The Hall–Kier alpha value is -4.97. The molecule has 12 heteroatoms. The number of carbonyl (C=O) groups is 1. The highest BCUT2D eigenvalue weighted by Gasteiger charge is 2.24. The molecule has 0 atom stereocenters. The third-order valence-electron chi connectivity index (χ3n) is 7.16. The highest BCUT2D eigenvalue weighted by atomic mass is 19.1. The molecule has 1 fully saturated rings. The van der Waals surface area contributed by atoms with E-state index < -0.39 is 28.6 Å². The van der Waals surface area contributed by atoms with Crippen LogP contribution in [0.4, 0.5) is 20.2 Å². The van der Waals surface area contributed by atoms with E-state index in [2.05, 4.69) is 10.1 Å². The van der Waals surface area contributed by atoms with Crippen LogP contribution in [0.1, 0.15) is 15.9 Å². The SMILES string of the molecule is COc1ccc(/C(CN2CCN(c3cc4c(cc3F)c(=O)c(C(=O)O)cn4-c3ccc(N)cc3F)CC2)=N\O)cc1. The number of halogens is 2. The number of ether oxygens (including phenoxy) is 1. The molecule has 0 amide bonds. The first-order valence-corrected chi connectivity index (χ1v) is 12.7. The van der Waals surface area contributed by atoms with Crippen LogP contribution in [0.5, 0.6) is 5.75 Å². The van der Waals surface area contributed by atoms with Gasteiger partial charge < -0.3 is 30.3 Å². The van der Waals surface area contributed by atoms with E-state index in [9.17, 15) is 24.3 Å². The van der Waals surface area contributed by atoms with Gasteiger partial charge in [-0.3, -0.25) is 9.69 Å². The summed E-state index contributed by atoms with van der Waals surface area (Å²) >= 11 is 0. The lowest BCUT2D eigenvalue weighted by atomic mass is 10.1. The number of oxime groups is 1. The standard InChI is InChI=1S/C29H27F2N5O5/c1-41-19-5-2-17(3-6-19)24(33-40)16-34-8-10-35(11-9-34)27-14-26-20(13-23(27)31)28(37)21(29(38)39)15-36(26)25-7-4-18(32)12-22(25)30/h2-7,12-15,40H,8-11,16,32H2,1H3,(H,38,39)/b33-24-. The summed E-state index contributed by atoms with van der Waals surface area (Å²) in [5.41, 5.74) is 5.87. The number of rotatable bonds is 7. The molecular formula is C29H27F2N5O5. The number of pyridine rings is 1. The molecule has 10 nitrogen and oxygen atoms in total. The molecule has 0 unspecified atom stereocenters. The molecule has 0 bridgehead atoms. The Kier molecular flexibility index (Phi) is 7.58. The van der Waals surface area contributed by atoms with Crippen LogP contribution >= 0.6 is 0 Å². The van der Waals surface area contributed by atoms with Crippen LogP contribution in [-0.2, 0) is 0 Å². The maximum absolute atomic E-state index is 15.4. The Labute approximate surface area is 233 Å². The maximum atomic E-state index is 15.4. The Morgan fingerprint density at radius 2 is 1.68 bits per heavy atom. The van der Waals surface area contributed by atoms with Gasteiger partial charge in [0, 0.05) is 55.6 Å². The number of nitrogen functional groups attached to an aromatic ring is 1. The molecule has 1 aliphatic heterocycles. The molecule has 1 saturated heterocycles. The van der Waals surface area contributed by atoms with E-state index in [0.717, 1.165) is 23.9 Å². The molecule has 41 heavy (non-hydrogen) atoms. The van der Waals surface area contributed by atoms with Gasteiger partial charge in [-0.2, -0.15) is 0 Å². The number of benzene rings is 3. The molecule has 2 heterocycles. The van der Waals surface area contributed by atoms with Crippen molar-refractivity contribution in [3.8, 4) is 11.4 Å². The van der Waals surface area contributed by atoms with Crippen LogP contribution in [0.15, 0.2) is 70.7 Å². The van der Waals surface area contributed by atoms with Crippen molar-refractivity contribution < 1.29 is 28.6 Å². The number of hydrogen-bond acceptors (Lipinski definition) is 8. The Morgan fingerprint density at radius 1 is 1.00 bits per heavy atom. The summed E-state index contributed by atoms with van der Waals surface area (Å²) in [6, 6.07) is 13.5. The quantitative estimate of drug-likeness (QED) is 0.135. The van der Waals surface area contributed by atoms with Crippen molar-refractivity contribution in [2.75, 3.05) is 50.5 Å². The van der Waals surface area contributed by atoms with Crippen LogP contribution in [0.3, 0.4) is 0 Å². The number of aromatic nitrogens is 1. The van der Waals surface area contributed by atoms with Gasteiger partial charge in [0.25, 0.3) is 0 Å². The fraction of sp³-hybridized carbons (Fsp3) is 0.207. The smallest absolute Gasteiger partial charge is 0.341 e. The molecule has 3 aromatic carbocycles. The number of nitrogens with zero attached hydrogens (tertiary/aromatic N) is 4. The summed E-state index contributed by atoms with van der Waals surface area (Å²) in [6.45, 7) is 2.23. The zero-order valence-electron chi connectivity index (χ0n) is 22.1. The Balaban J connectivity index is 1.45. The van der Waals surface area contributed by atoms with Crippen LogP contribution in [0.2, 0.25) is 0 Å². The summed E-state index contributed by atoms with van der Waals surface area (Å²) in [7, 11) is 1.57. The largest absolute Gasteiger partial charge is 0.497 e. The zero-order valence-corrected chi connectivity index (χ0v) is 22.1. The summed E-state index contributed by atoms with van der Waals surface area (Å²) in [6.07, 6.45) is 1.04. The van der Waals surface area contributed by atoms with Gasteiger partial charge in [0.1, 0.15) is 28.7 Å². The lowest BCUT2D eigenvalue weighted by molar-refractivity contribution is 0.0695. The van der Waals surface area contributed by atoms with E-state index in [1.54, 1.807) is 36.3 Å². The number of carboxylic acid groups (broad SMARTS) is 1. The molecule has 212 valence electrons.